The number of thioether (sulfide) groups is 1. The van der Waals surface area contributed by atoms with E-state index in [0.717, 1.165) is 7.11 Å². The molecule has 0 aliphatic rings. The number of imidazole rings is 1. The zero-order valence-corrected chi connectivity index (χ0v) is 16.4. The summed E-state index contributed by atoms with van der Waals surface area (Å²) in [6, 6.07) is 12.7. The van der Waals surface area contributed by atoms with Gasteiger partial charge < -0.3 is 19.6 Å². The molecule has 2 N–H and O–H groups in total. The Labute approximate surface area is 173 Å². The molecule has 7 nitrogen and oxygen atoms in total. The standard InChI is InChI=1S/C20H16F2N2O5S/c1-28-19(27)16(17-23-12-7-3-4-8-13(12)24-17)14(25)10-29-18(26)11-6-2-5-9-15(11)30-20(21)22/h2-9,20,25H,10H2,1H3,(H,23,24)/b16-14+. The second-order valence-electron chi connectivity index (χ2n) is 5.87. The number of aliphatic hydroxyl groups is 1. The van der Waals surface area contributed by atoms with Gasteiger partial charge in [-0.25, -0.2) is 14.6 Å². The number of aromatic nitrogens is 2. The number of nitrogens with one attached hydrogen (secondary N) is 1. The molecular weight excluding hydrogens is 418 g/mol. The summed E-state index contributed by atoms with van der Waals surface area (Å²) < 4.78 is 35.1. The molecule has 2 aromatic carbocycles. The van der Waals surface area contributed by atoms with Crippen molar-refractivity contribution in [1.82, 2.24) is 9.97 Å². The van der Waals surface area contributed by atoms with Gasteiger partial charge in [0.15, 0.2) is 0 Å². The molecule has 0 unspecified atom stereocenters. The van der Waals surface area contributed by atoms with Crippen LogP contribution in [-0.4, -0.2) is 46.5 Å². The van der Waals surface area contributed by atoms with Crippen LogP contribution in [0.5, 0.6) is 0 Å². The predicted molar refractivity (Wildman–Crippen MR) is 106 cm³/mol. The molecule has 0 aliphatic heterocycles. The van der Waals surface area contributed by atoms with Crippen LogP contribution in [0, 0.1) is 0 Å². The van der Waals surface area contributed by atoms with Crippen molar-refractivity contribution < 1.29 is 33.0 Å². The minimum atomic E-state index is -2.72. The molecule has 0 spiro atoms. The molecule has 0 atom stereocenters. The number of para-hydroxylation sites is 2. The van der Waals surface area contributed by atoms with Gasteiger partial charge in [-0.15, -0.1) is 0 Å². The van der Waals surface area contributed by atoms with Gasteiger partial charge in [0, 0.05) is 4.90 Å². The SMILES string of the molecule is COC(=O)/C(=C(/O)COC(=O)c1ccccc1SC(F)F)c1nc2ccccc2[nH]1. The maximum Gasteiger partial charge on any atom is 0.345 e. The van der Waals surface area contributed by atoms with E-state index in [1.165, 1.54) is 24.3 Å². The van der Waals surface area contributed by atoms with Gasteiger partial charge in [0.1, 0.15) is 23.8 Å². The lowest BCUT2D eigenvalue weighted by molar-refractivity contribution is -0.133. The first-order chi connectivity index (χ1) is 14.4. The fraction of sp³-hybridized carbons (Fsp3) is 0.150. The second-order valence-corrected chi connectivity index (χ2v) is 6.90. The van der Waals surface area contributed by atoms with Crippen molar-refractivity contribution in [3.8, 4) is 0 Å². The lowest BCUT2D eigenvalue weighted by atomic mass is 10.2. The Balaban J connectivity index is 1.86. The highest BCUT2D eigenvalue weighted by Gasteiger charge is 2.24. The molecule has 0 saturated heterocycles. The smallest absolute Gasteiger partial charge is 0.345 e. The molecule has 3 rings (SSSR count). The van der Waals surface area contributed by atoms with Crippen LogP contribution in [0.15, 0.2) is 59.2 Å². The number of fused-ring (bicyclic) bond motifs is 1. The summed E-state index contributed by atoms with van der Waals surface area (Å²) in [5.41, 5.74) is 0.781. The van der Waals surface area contributed by atoms with Crippen molar-refractivity contribution >= 4 is 40.3 Å². The number of alkyl halides is 2. The first kappa shape index (κ1) is 21.3. The third kappa shape index (κ3) is 4.77. The minimum absolute atomic E-state index is 0.0326. The van der Waals surface area contributed by atoms with Crippen LogP contribution >= 0.6 is 11.8 Å². The number of methoxy groups -OCH3 is 1. The number of hydrogen-bond acceptors (Lipinski definition) is 7. The molecule has 0 aliphatic carbocycles. The van der Waals surface area contributed by atoms with Crippen LogP contribution < -0.4 is 0 Å². The van der Waals surface area contributed by atoms with Gasteiger partial charge in [0.05, 0.1) is 23.7 Å². The van der Waals surface area contributed by atoms with Crippen LogP contribution in [-0.2, 0) is 14.3 Å². The van der Waals surface area contributed by atoms with Gasteiger partial charge in [0.25, 0.3) is 5.76 Å². The van der Waals surface area contributed by atoms with Crippen molar-refractivity contribution in [3.63, 3.8) is 0 Å². The van der Waals surface area contributed by atoms with Crippen LogP contribution in [0.1, 0.15) is 16.2 Å². The monoisotopic (exact) mass is 434 g/mol. The molecular formula is C20H16F2N2O5S. The van der Waals surface area contributed by atoms with Gasteiger partial charge in [0.2, 0.25) is 0 Å². The van der Waals surface area contributed by atoms with E-state index in [-0.39, 0.29) is 33.6 Å². The topological polar surface area (TPSA) is 102 Å². The highest BCUT2D eigenvalue weighted by atomic mass is 32.2. The molecule has 3 aromatic rings. The zero-order valence-electron chi connectivity index (χ0n) is 15.6. The van der Waals surface area contributed by atoms with E-state index < -0.39 is 30.1 Å². The zero-order chi connectivity index (χ0) is 21.7. The van der Waals surface area contributed by atoms with E-state index in [1.54, 1.807) is 24.3 Å². The lowest BCUT2D eigenvalue weighted by Gasteiger charge is -2.10. The van der Waals surface area contributed by atoms with Crippen molar-refractivity contribution in [2.24, 2.45) is 0 Å². The largest absolute Gasteiger partial charge is 0.508 e. The van der Waals surface area contributed by atoms with E-state index >= 15 is 0 Å². The molecule has 10 heteroatoms. The van der Waals surface area contributed by atoms with Gasteiger partial charge in [-0.2, -0.15) is 8.78 Å². The van der Waals surface area contributed by atoms with E-state index in [9.17, 15) is 23.5 Å². The lowest BCUT2D eigenvalue weighted by Crippen LogP contribution is -2.14. The molecule has 0 amide bonds. The van der Waals surface area contributed by atoms with E-state index in [1.807, 2.05) is 0 Å². The number of nitrogens with zero attached hydrogens (tertiary/aromatic N) is 1. The number of carbonyl (C=O) groups is 2. The number of ether oxygens (including phenoxy) is 2. The Hall–Kier alpha value is -3.40. The number of benzene rings is 2. The molecule has 30 heavy (non-hydrogen) atoms. The van der Waals surface area contributed by atoms with Gasteiger partial charge >= 0.3 is 11.9 Å². The van der Waals surface area contributed by atoms with Crippen molar-refractivity contribution in [2.75, 3.05) is 13.7 Å². The summed E-state index contributed by atoms with van der Waals surface area (Å²) in [6.07, 6.45) is 0. The Bertz CT molecular complexity index is 1080. The average Bonchev–Trinajstić information content (AvgIpc) is 3.15. The Kier molecular flexibility index (Phi) is 6.68. The number of halogens is 2. The minimum Gasteiger partial charge on any atom is -0.508 e. The highest BCUT2D eigenvalue weighted by molar-refractivity contribution is 7.99. The number of hydrogen-bond donors (Lipinski definition) is 2. The number of aromatic amines is 1. The summed E-state index contributed by atoms with van der Waals surface area (Å²) in [5, 5.41) is 10.4. The molecule has 0 saturated carbocycles. The van der Waals surface area contributed by atoms with E-state index in [4.69, 9.17) is 9.47 Å². The third-order valence-corrected chi connectivity index (χ3v) is 4.76. The molecule has 0 fully saturated rings. The predicted octanol–water partition coefficient (Wildman–Crippen LogP) is 4.18. The van der Waals surface area contributed by atoms with Gasteiger partial charge in [-0.1, -0.05) is 36.0 Å². The average molecular weight is 434 g/mol. The number of aliphatic hydroxyl groups excluding tert-OH is 1. The number of rotatable bonds is 7. The van der Waals surface area contributed by atoms with Crippen molar-refractivity contribution in [1.29, 1.82) is 0 Å². The number of H-pyrrole nitrogens is 1. The van der Waals surface area contributed by atoms with Crippen LogP contribution in [0.4, 0.5) is 8.78 Å². The molecule has 1 aromatic heterocycles. The maximum absolute atomic E-state index is 12.7. The Morgan fingerprint density at radius 2 is 1.87 bits per heavy atom. The van der Waals surface area contributed by atoms with Gasteiger partial charge in [-0.3, -0.25) is 0 Å². The van der Waals surface area contributed by atoms with Crippen LogP contribution in [0.3, 0.4) is 0 Å². The van der Waals surface area contributed by atoms with Crippen LogP contribution in [0.25, 0.3) is 16.6 Å². The summed E-state index contributed by atoms with van der Waals surface area (Å²) in [7, 11) is 1.13. The van der Waals surface area contributed by atoms with E-state index in [0.29, 0.717) is 11.0 Å². The third-order valence-electron chi connectivity index (χ3n) is 3.97. The van der Waals surface area contributed by atoms with E-state index in [2.05, 4.69) is 9.97 Å². The molecule has 156 valence electrons. The molecule has 1 heterocycles. The summed E-state index contributed by atoms with van der Waals surface area (Å²) in [4.78, 5) is 31.7. The highest BCUT2D eigenvalue weighted by Crippen LogP contribution is 2.29. The van der Waals surface area contributed by atoms with Gasteiger partial charge in [-0.05, 0) is 24.3 Å². The normalized spacial score (nSPS) is 12.0. The Morgan fingerprint density at radius 1 is 1.17 bits per heavy atom. The summed E-state index contributed by atoms with van der Waals surface area (Å²) >= 11 is 0.204. The summed E-state index contributed by atoms with van der Waals surface area (Å²) in [5.74, 6) is -5.11. The Morgan fingerprint density at radius 3 is 2.57 bits per heavy atom. The maximum atomic E-state index is 12.7. The number of esters is 2. The molecule has 0 bridgehead atoms. The molecule has 0 radical (unpaired) electrons. The van der Waals surface area contributed by atoms with Crippen LogP contribution in [0.2, 0.25) is 0 Å². The number of carbonyl (C=O) groups excluding carboxylic acids is 2. The second kappa shape index (κ2) is 9.40. The fourth-order valence-corrected chi connectivity index (χ4v) is 3.27. The summed E-state index contributed by atoms with van der Waals surface area (Å²) in [6.45, 7) is -0.687. The first-order valence-electron chi connectivity index (χ1n) is 8.57. The first-order valence-corrected chi connectivity index (χ1v) is 9.45. The van der Waals surface area contributed by atoms with Crippen molar-refractivity contribution in [2.45, 2.75) is 10.7 Å². The quantitative estimate of drug-likeness (QED) is 0.249. The van der Waals surface area contributed by atoms with Crippen molar-refractivity contribution in [3.05, 3.63) is 65.7 Å². The fourth-order valence-electron chi connectivity index (χ4n) is 2.64.